The van der Waals surface area contributed by atoms with Gasteiger partial charge in [0.15, 0.2) is 0 Å². The van der Waals surface area contributed by atoms with Gasteiger partial charge in [-0.15, -0.1) is 11.3 Å². The molecule has 2 N–H and O–H groups in total. The van der Waals surface area contributed by atoms with E-state index in [1.807, 2.05) is 0 Å². The monoisotopic (exact) mass is 478 g/mol. The van der Waals surface area contributed by atoms with Crippen molar-refractivity contribution >= 4 is 34.1 Å². The van der Waals surface area contributed by atoms with Gasteiger partial charge in [-0.25, -0.2) is 13.6 Å². The third-order valence-corrected chi connectivity index (χ3v) is 6.41. The molecule has 9 heteroatoms. The average molecular weight is 479 g/mol. The van der Waals surface area contributed by atoms with E-state index in [4.69, 9.17) is 4.74 Å². The Kier molecular flexibility index (Phi) is 7.51. The number of halogens is 2. The lowest BCUT2D eigenvalue weighted by Crippen LogP contribution is -2.44. The highest BCUT2D eigenvalue weighted by atomic mass is 32.1. The second-order valence-electron chi connectivity index (χ2n) is 9.05. The molecule has 178 valence electrons. The van der Waals surface area contributed by atoms with Crippen molar-refractivity contribution in [3.63, 3.8) is 0 Å². The number of thiophene rings is 1. The molecule has 0 aliphatic heterocycles. The summed E-state index contributed by atoms with van der Waals surface area (Å²) in [6.07, 6.45) is 3.32. The minimum atomic E-state index is -0.963. The molecule has 1 atom stereocenters. The molecule has 6 nitrogen and oxygen atoms in total. The van der Waals surface area contributed by atoms with Gasteiger partial charge in [0.1, 0.15) is 28.3 Å². The van der Waals surface area contributed by atoms with Gasteiger partial charge in [-0.05, 0) is 71.1 Å². The summed E-state index contributed by atoms with van der Waals surface area (Å²) in [6.45, 7) is 6.59. The maximum absolute atomic E-state index is 14.4. The van der Waals surface area contributed by atoms with Gasteiger partial charge in [0, 0.05) is 4.88 Å². The maximum atomic E-state index is 14.4. The molecule has 0 spiro atoms. The minimum Gasteiger partial charge on any atom is -0.444 e. The Labute approximate surface area is 195 Å². The zero-order chi connectivity index (χ0) is 24.3. The second kappa shape index (κ2) is 9.99. The molecule has 33 heavy (non-hydrogen) atoms. The zero-order valence-electron chi connectivity index (χ0n) is 19.1. The molecule has 1 aromatic carbocycles. The summed E-state index contributed by atoms with van der Waals surface area (Å²) in [6, 6.07) is 2.30. The van der Waals surface area contributed by atoms with Gasteiger partial charge in [0.05, 0.1) is 11.1 Å². The predicted molar refractivity (Wildman–Crippen MR) is 123 cm³/mol. The quantitative estimate of drug-likeness (QED) is 0.447. The van der Waals surface area contributed by atoms with Gasteiger partial charge in [-0.3, -0.25) is 9.59 Å². The fraction of sp³-hybridized carbons (Fsp3) is 0.458. The van der Waals surface area contributed by atoms with E-state index in [-0.39, 0.29) is 10.6 Å². The SMILES string of the molecule is C[C@H](NC(=O)OC(C)(C)C)C(=O)Nc1sc2c(c1C(=O)c1c(F)cccc1F)CCCCC2. The van der Waals surface area contributed by atoms with E-state index in [9.17, 15) is 23.2 Å². The van der Waals surface area contributed by atoms with E-state index in [0.717, 1.165) is 48.3 Å². The van der Waals surface area contributed by atoms with Crippen LogP contribution in [-0.4, -0.2) is 29.4 Å². The first kappa shape index (κ1) is 24.8. The molecule has 1 heterocycles. The highest BCUT2D eigenvalue weighted by molar-refractivity contribution is 7.17. The molecule has 0 radical (unpaired) electrons. The first-order valence-electron chi connectivity index (χ1n) is 10.9. The largest absolute Gasteiger partial charge is 0.444 e. The Balaban J connectivity index is 1.92. The lowest BCUT2D eigenvalue weighted by Gasteiger charge is -2.21. The third-order valence-electron chi connectivity index (χ3n) is 5.20. The van der Waals surface area contributed by atoms with Crippen molar-refractivity contribution < 1.29 is 27.9 Å². The van der Waals surface area contributed by atoms with Gasteiger partial charge >= 0.3 is 6.09 Å². The molecule has 2 aromatic rings. The van der Waals surface area contributed by atoms with Crippen LogP contribution in [0.25, 0.3) is 0 Å². The molecule has 0 fully saturated rings. The van der Waals surface area contributed by atoms with Crippen LogP contribution in [0.3, 0.4) is 0 Å². The molecule has 0 saturated heterocycles. The van der Waals surface area contributed by atoms with Crippen LogP contribution >= 0.6 is 11.3 Å². The zero-order valence-corrected chi connectivity index (χ0v) is 20.0. The van der Waals surface area contributed by atoms with Crippen LogP contribution < -0.4 is 10.6 Å². The van der Waals surface area contributed by atoms with Crippen LogP contribution in [0.15, 0.2) is 18.2 Å². The van der Waals surface area contributed by atoms with Crippen LogP contribution in [-0.2, 0) is 22.4 Å². The Hall–Kier alpha value is -2.81. The van der Waals surface area contributed by atoms with E-state index in [1.165, 1.54) is 24.3 Å². The molecule has 1 aliphatic rings. The summed E-state index contributed by atoms with van der Waals surface area (Å²) in [5, 5.41) is 5.38. The minimum absolute atomic E-state index is 0.124. The summed E-state index contributed by atoms with van der Waals surface area (Å²) in [5.41, 5.74) is -0.514. The standard InChI is InChI=1S/C24H28F2N2O4S/c1-13(27-23(31)32-24(2,3)4)21(30)28-22-18(14-9-6-5-7-12-17(14)33-22)20(29)19-15(25)10-8-11-16(19)26/h8,10-11,13H,5-7,9,12H2,1-4H3,(H,27,31)(H,28,30)/t13-/m0/s1. The van der Waals surface area contributed by atoms with Crippen molar-refractivity contribution in [2.75, 3.05) is 5.32 Å². The summed E-state index contributed by atoms with van der Waals surface area (Å²) >= 11 is 1.24. The number of hydrogen-bond donors (Lipinski definition) is 2. The predicted octanol–water partition coefficient (Wildman–Crippen LogP) is 5.38. The number of fused-ring (bicyclic) bond motifs is 1. The molecule has 2 amide bonds. The Morgan fingerprint density at radius 1 is 1.03 bits per heavy atom. The number of ether oxygens (including phenoxy) is 1. The molecule has 0 unspecified atom stereocenters. The van der Waals surface area contributed by atoms with E-state index in [1.54, 1.807) is 20.8 Å². The van der Waals surface area contributed by atoms with Gasteiger partial charge in [0.2, 0.25) is 11.7 Å². The van der Waals surface area contributed by atoms with Crippen molar-refractivity contribution in [1.82, 2.24) is 5.32 Å². The number of rotatable bonds is 5. The normalized spacial score (nSPS) is 14.6. The number of carbonyl (C=O) groups is 3. The third kappa shape index (κ3) is 5.96. The topological polar surface area (TPSA) is 84.5 Å². The number of benzene rings is 1. The van der Waals surface area contributed by atoms with Crippen LogP contribution in [0.1, 0.15) is 73.3 Å². The smallest absolute Gasteiger partial charge is 0.408 e. The fourth-order valence-corrected chi connectivity index (χ4v) is 4.97. The summed E-state index contributed by atoms with van der Waals surface area (Å²) in [4.78, 5) is 39.1. The van der Waals surface area contributed by atoms with Crippen molar-refractivity contribution in [3.8, 4) is 0 Å². The highest BCUT2D eigenvalue weighted by Crippen LogP contribution is 2.39. The molecular weight excluding hydrogens is 450 g/mol. The van der Waals surface area contributed by atoms with Gasteiger partial charge in [0.25, 0.3) is 0 Å². The first-order chi connectivity index (χ1) is 15.5. The summed E-state index contributed by atoms with van der Waals surface area (Å²) < 4.78 is 34.0. The number of anilines is 1. The molecule has 0 bridgehead atoms. The summed E-state index contributed by atoms with van der Waals surface area (Å²) in [7, 11) is 0. The van der Waals surface area contributed by atoms with E-state index in [2.05, 4.69) is 10.6 Å². The number of nitrogens with one attached hydrogen (secondary N) is 2. The number of ketones is 1. The number of carbonyl (C=O) groups excluding carboxylic acids is 3. The van der Waals surface area contributed by atoms with Crippen LogP contribution in [0.4, 0.5) is 18.6 Å². The maximum Gasteiger partial charge on any atom is 0.408 e. The van der Waals surface area contributed by atoms with Crippen LogP contribution in [0, 0.1) is 11.6 Å². The van der Waals surface area contributed by atoms with Crippen molar-refractivity contribution in [2.24, 2.45) is 0 Å². The Morgan fingerprint density at radius 2 is 1.67 bits per heavy atom. The van der Waals surface area contributed by atoms with E-state index >= 15 is 0 Å². The van der Waals surface area contributed by atoms with Gasteiger partial charge < -0.3 is 15.4 Å². The van der Waals surface area contributed by atoms with Crippen molar-refractivity contribution in [3.05, 3.63) is 51.4 Å². The summed E-state index contributed by atoms with van der Waals surface area (Å²) in [5.74, 6) is -3.27. The number of amides is 2. The highest BCUT2D eigenvalue weighted by Gasteiger charge is 2.30. The average Bonchev–Trinajstić information content (AvgIpc) is 2.86. The number of aryl methyl sites for hydroxylation is 1. The molecule has 3 rings (SSSR count). The fourth-order valence-electron chi connectivity index (χ4n) is 3.68. The number of hydrogen-bond acceptors (Lipinski definition) is 5. The molecule has 1 aliphatic carbocycles. The number of alkyl carbamates (subject to hydrolysis) is 1. The first-order valence-corrected chi connectivity index (χ1v) is 11.7. The van der Waals surface area contributed by atoms with E-state index < -0.39 is 46.6 Å². The van der Waals surface area contributed by atoms with E-state index in [0.29, 0.717) is 6.42 Å². The van der Waals surface area contributed by atoms with Crippen molar-refractivity contribution in [1.29, 1.82) is 0 Å². The lowest BCUT2D eigenvalue weighted by molar-refractivity contribution is -0.117. The molecular formula is C24H28F2N2O4S. The van der Waals surface area contributed by atoms with Gasteiger partial charge in [-0.1, -0.05) is 12.5 Å². The lowest BCUT2D eigenvalue weighted by atomic mass is 9.97. The Bertz CT molecular complexity index is 1050. The van der Waals surface area contributed by atoms with Crippen molar-refractivity contribution in [2.45, 2.75) is 71.4 Å². The van der Waals surface area contributed by atoms with Gasteiger partial charge in [-0.2, -0.15) is 0 Å². The van der Waals surface area contributed by atoms with Crippen LogP contribution in [0.5, 0.6) is 0 Å². The van der Waals surface area contributed by atoms with Crippen LogP contribution in [0.2, 0.25) is 0 Å². The second-order valence-corrected chi connectivity index (χ2v) is 10.2. The molecule has 0 saturated carbocycles. The Morgan fingerprint density at radius 3 is 2.30 bits per heavy atom. The molecule has 1 aromatic heterocycles.